The van der Waals surface area contributed by atoms with Crippen LogP contribution >= 0.6 is 11.3 Å². The van der Waals surface area contributed by atoms with E-state index < -0.39 is 0 Å². The van der Waals surface area contributed by atoms with Gasteiger partial charge in [-0.3, -0.25) is 0 Å². The molecular weight excluding hydrogens is 196 g/mol. The second kappa shape index (κ2) is 3.73. The van der Waals surface area contributed by atoms with E-state index >= 15 is 0 Å². The average molecular weight is 206 g/mol. The van der Waals surface area contributed by atoms with E-state index in [2.05, 4.69) is 9.97 Å². The number of nitrogens with zero attached hydrogens (tertiary/aromatic N) is 2. The number of nitrogens with two attached hydrogens (primary N) is 2. The highest BCUT2D eigenvalue weighted by Crippen LogP contribution is 2.21. The lowest BCUT2D eigenvalue weighted by atomic mass is 10.3. The molecule has 2 heterocycles. The predicted octanol–water partition coefficient (Wildman–Crippen LogP) is 1.25. The predicted molar refractivity (Wildman–Crippen MR) is 57.6 cm³/mol. The van der Waals surface area contributed by atoms with Crippen LogP contribution in [0.25, 0.3) is 10.7 Å². The molecule has 0 fully saturated rings. The molecular formula is C9H10N4S. The molecule has 0 saturated heterocycles. The molecule has 0 saturated carbocycles. The van der Waals surface area contributed by atoms with E-state index in [1.165, 1.54) is 0 Å². The Morgan fingerprint density at radius 2 is 2.29 bits per heavy atom. The zero-order valence-corrected chi connectivity index (χ0v) is 8.29. The van der Waals surface area contributed by atoms with E-state index in [4.69, 9.17) is 11.5 Å². The Balaban J connectivity index is 2.43. The molecule has 0 radical (unpaired) electrons. The van der Waals surface area contributed by atoms with Crippen molar-refractivity contribution in [3.63, 3.8) is 0 Å². The molecule has 0 aliphatic rings. The van der Waals surface area contributed by atoms with Crippen LogP contribution in [0.2, 0.25) is 0 Å². The van der Waals surface area contributed by atoms with Crippen molar-refractivity contribution in [1.29, 1.82) is 0 Å². The van der Waals surface area contributed by atoms with Gasteiger partial charge in [0.2, 0.25) is 0 Å². The van der Waals surface area contributed by atoms with Gasteiger partial charge >= 0.3 is 0 Å². The molecule has 2 aromatic rings. The third-order valence-corrected chi connectivity index (χ3v) is 2.73. The van der Waals surface area contributed by atoms with Crippen molar-refractivity contribution in [3.05, 3.63) is 29.3 Å². The van der Waals surface area contributed by atoms with E-state index in [-0.39, 0.29) is 0 Å². The smallest absolute Gasteiger partial charge is 0.171 e. The van der Waals surface area contributed by atoms with Crippen LogP contribution in [-0.4, -0.2) is 9.97 Å². The normalized spacial score (nSPS) is 10.4. The highest BCUT2D eigenvalue weighted by atomic mass is 32.1. The van der Waals surface area contributed by atoms with Crippen LogP contribution in [0, 0.1) is 0 Å². The van der Waals surface area contributed by atoms with Gasteiger partial charge in [-0.1, -0.05) is 6.07 Å². The number of aromatic nitrogens is 2. The van der Waals surface area contributed by atoms with E-state index in [0.29, 0.717) is 18.2 Å². The molecule has 4 nitrogen and oxygen atoms in total. The van der Waals surface area contributed by atoms with Gasteiger partial charge in [-0.05, 0) is 11.4 Å². The molecule has 2 rings (SSSR count). The first-order valence-electron chi connectivity index (χ1n) is 4.16. The summed E-state index contributed by atoms with van der Waals surface area (Å²) in [5.41, 5.74) is 12.0. The Labute approximate surface area is 85.6 Å². The van der Waals surface area contributed by atoms with Gasteiger partial charge < -0.3 is 11.5 Å². The number of rotatable bonds is 2. The molecule has 72 valence electrons. The number of anilines is 1. The van der Waals surface area contributed by atoms with Gasteiger partial charge in [-0.25, -0.2) is 9.97 Å². The van der Waals surface area contributed by atoms with E-state index in [1.54, 1.807) is 17.5 Å². The maximum absolute atomic E-state index is 5.71. The standard InChI is InChI=1S/C9H10N4S/c10-4-6-5-12-9(13-8(6)11)7-2-1-3-14-7/h1-3,5H,4,10H2,(H2,11,12,13). The summed E-state index contributed by atoms with van der Waals surface area (Å²) in [7, 11) is 0. The first kappa shape index (κ1) is 9.11. The Morgan fingerprint density at radius 1 is 1.43 bits per heavy atom. The summed E-state index contributed by atoms with van der Waals surface area (Å²) in [5.74, 6) is 1.13. The summed E-state index contributed by atoms with van der Waals surface area (Å²) in [4.78, 5) is 9.39. The van der Waals surface area contributed by atoms with Crippen LogP contribution < -0.4 is 11.5 Å². The molecule has 0 aliphatic carbocycles. The molecule has 0 aromatic carbocycles. The second-order valence-corrected chi connectivity index (χ2v) is 3.73. The fraction of sp³-hybridized carbons (Fsp3) is 0.111. The lowest BCUT2D eigenvalue weighted by molar-refractivity contribution is 1.02. The van der Waals surface area contributed by atoms with Gasteiger partial charge in [0.05, 0.1) is 4.88 Å². The minimum Gasteiger partial charge on any atom is -0.383 e. The largest absolute Gasteiger partial charge is 0.383 e. The van der Waals surface area contributed by atoms with Crippen molar-refractivity contribution in [2.75, 3.05) is 5.73 Å². The maximum atomic E-state index is 5.71. The SMILES string of the molecule is NCc1cnc(-c2cccs2)nc1N. The number of hydrogen-bond acceptors (Lipinski definition) is 5. The van der Waals surface area contributed by atoms with Gasteiger partial charge in [0.15, 0.2) is 5.82 Å². The highest BCUT2D eigenvalue weighted by molar-refractivity contribution is 7.13. The lowest BCUT2D eigenvalue weighted by Crippen LogP contribution is -2.05. The lowest BCUT2D eigenvalue weighted by Gasteiger charge is -2.02. The third-order valence-electron chi connectivity index (χ3n) is 1.86. The summed E-state index contributed by atoms with van der Waals surface area (Å²) in [5, 5.41) is 1.98. The fourth-order valence-corrected chi connectivity index (χ4v) is 1.77. The topological polar surface area (TPSA) is 77.8 Å². The zero-order valence-electron chi connectivity index (χ0n) is 7.47. The molecule has 4 N–H and O–H groups in total. The van der Waals surface area contributed by atoms with Gasteiger partial charge in [0.1, 0.15) is 5.82 Å². The summed E-state index contributed by atoms with van der Waals surface area (Å²) >= 11 is 1.59. The first-order chi connectivity index (χ1) is 6.81. The average Bonchev–Trinajstić information content (AvgIpc) is 2.70. The Morgan fingerprint density at radius 3 is 2.86 bits per heavy atom. The van der Waals surface area contributed by atoms with Crippen LogP contribution in [-0.2, 0) is 6.54 Å². The number of thiophene rings is 1. The van der Waals surface area contributed by atoms with Crippen molar-refractivity contribution in [2.24, 2.45) is 5.73 Å². The molecule has 0 spiro atoms. The fourth-order valence-electron chi connectivity index (χ4n) is 1.10. The molecule has 0 bridgehead atoms. The molecule has 0 amide bonds. The van der Waals surface area contributed by atoms with Gasteiger partial charge in [-0.15, -0.1) is 11.3 Å². The third kappa shape index (κ3) is 1.59. The van der Waals surface area contributed by atoms with Crippen LogP contribution in [0.1, 0.15) is 5.56 Å². The molecule has 0 aliphatic heterocycles. The van der Waals surface area contributed by atoms with E-state index in [9.17, 15) is 0 Å². The minimum atomic E-state index is 0.372. The van der Waals surface area contributed by atoms with E-state index in [1.807, 2.05) is 17.5 Å². The second-order valence-electron chi connectivity index (χ2n) is 2.79. The van der Waals surface area contributed by atoms with Crippen LogP contribution in [0.5, 0.6) is 0 Å². The Hall–Kier alpha value is -1.46. The first-order valence-corrected chi connectivity index (χ1v) is 5.04. The van der Waals surface area contributed by atoms with Crippen LogP contribution in [0.3, 0.4) is 0 Å². The number of hydrogen-bond donors (Lipinski definition) is 2. The van der Waals surface area contributed by atoms with Crippen molar-refractivity contribution >= 4 is 17.2 Å². The Bertz CT molecular complexity index is 424. The zero-order chi connectivity index (χ0) is 9.97. The molecule has 0 atom stereocenters. The van der Waals surface area contributed by atoms with E-state index in [0.717, 1.165) is 10.4 Å². The highest BCUT2D eigenvalue weighted by Gasteiger charge is 2.05. The maximum Gasteiger partial charge on any atom is 0.171 e. The molecule has 5 heteroatoms. The van der Waals surface area contributed by atoms with Crippen molar-refractivity contribution in [3.8, 4) is 10.7 Å². The van der Waals surface area contributed by atoms with Crippen molar-refractivity contribution in [1.82, 2.24) is 9.97 Å². The van der Waals surface area contributed by atoms with Crippen LogP contribution in [0.4, 0.5) is 5.82 Å². The monoisotopic (exact) mass is 206 g/mol. The van der Waals surface area contributed by atoms with Gasteiger partial charge in [0, 0.05) is 18.3 Å². The summed E-state index contributed by atoms with van der Waals surface area (Å²) in [6.07, 6.45) is 1.68. The molecule has 14 heavy (non-hydrogen) atoms. The van der Waals surface area contributed by atoms with Crippen molar-refractivity contribution < 1.29 is 0 Å². The van der Waals surface area contributed by atoms with Gasteiger partial charge in [0.25, 0.3) is 0 Å². The van der Waals surface area contributed by atoms with Crippen LogP contribution in [0.15, 0.2) is 23.7 Å². The quantitative estimate of drug-likeness (QED) is 0.775. The molecule has 2 aromatic heterocycles. The van der Waals surface area contributed by atoms with Gasteiger partial charge in [-0.2, -0.15) is 0 Å². The summed E-state index contributed by atoms with van der Waals surface area (Å²) < 4.78 is 0. The summed E-state index contributed by atoms with van der Waals surface area (Å²) in [6.45, 7) is 0.372. The summed E-state index contributed by atoms with van der Waals surface area (Å²) in [6, 6.07) is 3.91. The van der Waals surface area contributed by atoms with Crippen molar-refractivity contribution in [2.45, 2.75) is 6.54 Å². The number of nitrogen functional groups attached to an aromatic ring is 1. The molecule has 0 unspecified atom stereocenters. The minimum absolute atomic E-state index is 0.372. The Kier molecular flexibility index (Phi) is 2.43.